The molecule has 0 bridgehead atoms. The molecule has 0 aliphatic carbocycles. The van der Waals surface area contributed by atoms with Crippen LogP contribution in [0.25, 0.3) is 0 Å². The Kier molecular flexibility index (Phi) is 5.19. The first-order chi connectivity index (χ1) is 7.22. The molecule has 2 N–H and O–H groups in total. The molecule has 0 spiro atoms. The van der Waals surface area contributed by atoms with Crippen LogP contribution in [0.2, 0.25) is 0 Å². The van der Waals surface area contributed by atoms with Crippen LogP contribution in [0.5, 0.6) is 5.75 Å². The Hall–Kier alpha value is -1.02. The minimum atomic E-state index is 0.279. The Morgan fingerprint density at radius 1 is 1.27 bits per heavy atom. The van der Waals surface area contributed by atoms with Crippen LogP contribution in [-0.2, 0) is 6.42 Å². The van der Waals surface area contributed by atoms with Crippen LogP contribution in [0.15, 0.2) is 24.3 Å². The quantitative estimate of drug-likeness (QED) is 0.778. The highest BCUT2D eigenvalue weighted by molar-refractivity contribution is 5.27. The van der Waals surface area contributed by atoms with E-state index in [-0.39, 0.29) is 6.04 Å². The van der Waals surface area contributed by atoms with Crippen molar-refractivity contribution in [2.75, 3.05) is 6.61 Å². The zero-order chi connectivity index (χ0) is 11.1. The summed E-state index contributed by atoms with van der Waals surface area (Å²) in [6.45, 7) is 4.94. The molecule has 0 aliphatic heterocycles. The number of nitrogens with two attached hydrogens (primary N) is 1. The summed E-state index contributed by atoms with van der Waals surface area (Å²) in [5.74, 6) is 0.960. The van der Waals surface area contributed by atoms with Crippen LogP contribution in [0.1, 0.15) is 32.3 Å². The van der Waals surface area contributed by atoms with Gasteiger partial charge in [-0.05, 0) is 43.9 Å². The van der Waals surface area contributed by atoms with Crippen LogP contribution in [0, 0.1) is 0 Å². The van der Waals surface area contributed by atoms with E-state index in [1.807, 2.05) is 19.1 Å². The molecule has 0 radical (unpaired) electrons. The summed E-state index contributed by atoms with van der Waals surface area (Å²) in [6, 6.07) is 8.58. The van der Waals surface area contributed by atoms with E-state index < -0.39 is 0 Å². The number of hydrogen-bond acceptors (Lipinski definition) is 2. The van der Waals surface area contributed by atoms with E-state index in [1.165, 1.54) is 5.56 Å². The van der Waals surface area contributed by atoms with Crippen molar-refractivity contribution < 1.29 is 4.74 Å². The lowest BCUT2D eigenvalue weighted by molar-refractivity contribution is 0.317. The Morgan fingerprint density at radius 2 is 1.93 bits per heavy atom. The highest BCUT2D eigenvalue weighted by Crippen LogP contribution is 2.13. The van der Waals surface area contributed by atoms with Gasteiger partial charge in [-0.25, -0.2) is 0 Å². The molecule has 1 rings (SSSR count). The largest absolute Gasteiger partial charge is 0.494 e. The predicted molar refractivity (Wildman–Crippen MR) is 64.2 cm³/mol. The molecule has 0 heterocycles. The number of aryl methyl sites for hydroxylation is 1. The van der Waals surface area contributed by atoms with Crippen LogP contribution >= 0.6 is 0 Å². The van der Waals surface area contributed by atoms with Gasteiger partial charge < -0.3 is 10.5 Å². The van der Waals surface area contributed by atoms with Crippen molar-refractivity contribution in [1.29, 1.82) is 0 Å². The number of hydrogen-bond donors (Lipinski definition) is 1. The lowest BCUT2D eigenvalue weighted by Gasteiger charge is -2.07. The SMILES string of the molecule is CCCOc1ccc(CCC(C)N)cc1. The van der Waals surface area contributed by atoms with Crippen molar-refractivity contribution in [1.82, 2.24) is 0 Å². The highest BCUT2D eigenvalue weighted by atomic mass is 16.5. The van der Waals surface area contributed by atoms with E-state index >= 15 is 0 Å². The van der Waals surface area contributed by atoms with Crippen LogP contribution in [0.4, 0.5) is 0 Å². The maximum Gasteiger partial charge on any atom is 0.119 e. The molecule has 84 valence electrons. The third-order valence-corrected chi connectivity index (χ3v) is 2.28. The number of ether oxygens (including phenoxy) is 1. The summed E-state index contributed by atoms with van der Waals surface area (Å²) in [6.07, 6.45) is 3.13. The van der Waals surface area contributed by atoms with E-state index in [0.717, 1.165) is 31.6 Å². The third kappa shape index (κ3) is 4.84. The molecule has 0 fully saturated rings. The van der Waals surface area contributed by atoms with Gasteiger partial charge in [0.2, 0.25) is 0 Å². The molecule has 15 heavy (non-hydrogen) atoms. The van der Waals surface area contributed by atoms with E-state index in [0.29, 0.717) is 0 Å². The molecule has 0 saturated heterocycles. The lowest BCUT2D eigenvalue weighted by atomic mass is 10.1. The van der Waals surface area contributed by atoms with Gasteiger partial charge in [-0.15, -0.1) is 0 Å². The van der Waals surface area contributed by atoms with Gasteiger partial charge in [0.1, 0.15) is 5.75 Å². The standard InChI is InChI=1S/C13H21NO/c1-3-10-15-13-8-6-12(7-9-13)5-4-11(2)14/h6-9,11H,3-5,10,14H2,1-2H3. The first-order valence-electron chi connectivity index (χ1n) is 5.69. The fourth-order valence-corrected chi connectivity index (χ4v) is 1.37. The second-order valence-corrected chi connectivity index (χ2v) is 4.01. The van der Waals surface area contributed by atoms with Crippen molar-refractivity contribution in [3.05, 3.63) is 29.8 Å². The predicted octanol–water partition coefficient (Wildman–Crippen LogP) is 2.76. The molecule has 1 unspecified atom stereocenters. The van der Waals surface area contributed by atoms with E-state index in [2.05, 4.69) is 19.1 Å². The average molecular weight is 207 g/mol. The molecule has 0 saturated carbocycles. The summed E-state index contributed by atoms with van der Waals surface area (Å²) in [5, 5.41) is 0. The average Bonchev–Trinajstić information content (AvgIpc) is 2.25. The summed E-state index contributed by atoms with van der Waals surface area (Å²) < 4.78 is 5.51. The smallest absolute Gasteiger partial charge is 0.119 e. The number of benzene rings is 1. The summed E-state index contributed by atoms with van der Waals surface area (Å²) >= 11 is 0. The second-order valence-electron chi connectivity index (χ2n) is 4.01. The minimum absolute atomic E-state index is 0.279. The molecule has 0 aliphatic rings. The summed E-state index contributed by atoms with van der Waals surface area (Å²) in [7, 11) is 0. The zero-order valence-corrected chi connectivity index (χ0v) is 9.70. The fourth-order valence-electron chi connectivity index (χ4n) is 1.37. The Labute approximate surface area is 92.4 Å². The lowest BCUT2D eigenvalue weighted by Crippen LogP contribution is -2.15. The van der Waals surface area contributed by atoms with Gasteiger partial charge in [-0.3, -0.25) is 0 Å². The molecule has 2 nitrogen and oxygen atoms in total. The van der Waals surface area contributed by atoms with Crippen molar-refractivity contribution in [3.8, 4) is 5.75 Å². The molecule has 0 aromatic heterocycles. The Balaban J connectivity index is 2.41. The van der Waals surface area contributed by atoms with Crippen molar-refractivity contribution in [2.24, 2.45) is 5.73 Å². The molecule has 2 heteroatoms. The third-order valence-electron chi connectivity index (χ3n) is 2.28. The van der Waals surface area contributed by atoms with Crippen LogP contribution in [-0.4, -0.2) is 12.6 Å². The van der Waals surface area contributed by atoms with Crippen molar-refractivity contribution in [3.63, 3.8) is 0 Å². The van der Waals surface area contributed by atoms with Gasteiger partial charge in [0, 0.05) is 6.04 Å². The summed E-state index contributed by atoms with van der Waals surface area (Å²) in [4.78, 5) is 0. The van der Waals surface area contributed by atoms with Gasteiger partial charge in [0.15, 0.2) is 0 Å². The minimum Gasteiger partial charge on any atom is -0.494 e. The monoisotopic (exact) mass is 207 g/mol. The number of rotatable bonds is 6. The zero-order valence-electron chi connectivity index (χ0n) is 9.70. The Bertz CT molecular complexity index is 266. The molecule has 1 aromatic carbocycles. The van der Waals surface area contributed by atoms with Gasteiger partial charge in [-0.2, -0.15) is 0 Å². The van der Waals surface area contributed by atoms with E-state index in [9.17, 15) is 0 Å². The van der Waals surface area contributed by atoms with Gasteiger partial charge in [-0.1, -0.05) is 19.1 Å². The maximum atomic E-state index is 5.71. The molecular formula is C13H21NO. The van der Waals surface area contributed by atoms with Gasteiger partial charge in [0.25, 0.3) is 0 Å². The highest BCUT2D eigenvalue weighted by Gasteiger charge is 1.98. The first-order valence-corrected chi connectivity index (χ1v) is 5.69. The molecular weight excluding hydrogens is 186 g/mol. The van der Waals surface area contributed by atoms with E-state index in [1.54, 1.807) is 0 Å². The normalized spacial score (nSPS) is 12.5. The molecule has 1 aromatic rings. The van der Waals surface area contributed by atoms with Crippen molar-refractivity contribution in [2.45, 2.75) is 39.2 Å². The molecule has 1 atom stereocenters. The topological polar surface area (TPSA) is 35.2 Å². The van der Waals surface area contributed by atoms with Crippen LogP contribution in [0.3, 0.4) is 0 Å². The second kappa shape index (κ2) is 6.46. The van der Waals surface area contributed by atoms with Crippen LogP contribution < -0.4 is 10.5 Å². The Morgan fingerprint density at radius 3 is 2.47 bits per heavy atom. The van der Waals surface area contributed by atoms with Gasteiger partial charge >= 0.3 is 0 Å². The van der Waals surface area contributed by atoms with E-state index in [4.69, 9.17) is 10.5 Å². The maximum absolute atomic E-state index is 5.71. The fraction of sp³-hybridized carbons (Fsp3) is 0.538. The van der Waals surface area contributed by atoms with Gasteiger partial charge in [0.05, 0.1) is 6.61 Å². The van der Waals surface area contributed by atoms with Crippen molar-refractivity contribution >= 4 is 0 Å². The summed E-state index contributed by atoms with van der Waals surface area (Å²) in [5.41, 5.74) is 7.04. The first kappa shape index (κ1) is 12.1. The molecule has 0 amide bonds.